The van der Waals surface area contributed by atoms with Gasteiger partial charge >= 0.3 is 0 Å². The fraction of sp³-hybridized carbons (Fsp3) is 0.394. The zero-order valence-electron chi connectivity index (χ0n) is 24.1. The van der Waals surface area contributed by atoms with Crippen LogP contribution in [-0.2, 0) is 26.2 Å². The van der Waals surface area contributed by atoms with E-state index < -0.39 is 5.41 Å². The number of oxazole rings is 1. The summed E-state index contributed by atoms with van der Waals surface area (Å²) >= 11 is 0. The van der Waals surface area contributed by atoms with Crippen LogP contribution in [0.5, 0.6) is 0 Å². The Balaban J connectivity index is 1.19. The first-order valence-electron chi connectivity index (χ1n) is 14.4. The summed E-state index contributed by atoms with van der Waals surface area (Å²) in [5.41, 5.74) is 7.34. The first-order valence-corrected chi connectivity index (χ1v) is 14.4. The van der Waals surface area contributed by atoms with Gasteiger partial charge in [-0.15, -0.1) is 0 Å². The molecule has 2 aliphatic heterocycles. The van der Waals surface area contributed by atoms with Gasteiger partial charge in [0.15, 0.2) is 5.58 Å². The summed E-state index contributed by atoms with van der Waals surface area (Å²) in [5.74, 6) is 0.131. The van der Waals surface area contributed by atoms with Crippen LogP contribution in [-0.4, -0.2) is 73.3 Å². The van der Waals surface area contributed by atoms with E-state index >= 15 is 0 Å². The van der Waals surface area contributed by atoms with Crippen molar-refractivity contribution in [1.29, 1.82) is 0 Å². The first-order chi connectivity index (χ1) is 19.9. The van der Waals surface area contributed by atoms with Crippen LogP contribution in [0.25, 0.3) is 22.2 Å². The van der Waals surface area contributed by atoms with E-state index in [1.165, 1.54) is 11.1 Å². The number of ether oxygens (including phenoxy) is 2. The quantitative estimate of drug-likeness (QED) is 0.322. The summed E-state index contributed by atoms with van der Waals surface area (Å²) in [5, 5.41) is 3.35. The second-order valence-corrected chi connectivity index (χ2v) is 11.4. The number of benzene rings is 3. The van der Waals surface area contributed by atoms with E-state index in [-0.39, 0.29) is 5.91 Å². The van der Waals surface area contributed by atoms with E-state index in [1.807, 2.05) is 49.1 Å². The number of nitrogens with zero attached hydrogens (tertiary/aromatic N) is 3. The van der Waals surface area contributed by atoms with Gasteiger partial charge in [0.05, 0.1) is 31.8 Å². The molecule has 1 N–H and O–H groups in total. The van der Waals surface area contributed by atoms with Crippen LogP contribution in [0.4, 0.5) is 11.7 Å². The molecule has 3 heterocycles. The number of aromatic nitrogens is 1. The summed E-state index contributed by atoms with van der Waals surface area (Å²) in [6.45, 7) is 13.1. The van der Waals surface area contributed by atoms with Gasteiger partial charge in [0.25, 0.3) is 6.01 Å². The Kier molecular flexibility index (Phi) is 7.79. The SMILES string of the molecule is Cc1cc(Nc2nc3cccc(-c4ccc(C(C)(C)C(=O)N5CCOCC5)cc4)c3o2)ccc1CN1CCOCC1. The number of amides is 1. The van der Waals surface area contributed by atoms with Gasteiger partial charge in [-0.2, -0.15) is 4.98 Å². The van der Waals surface area contributed by atoms with Gasteiger partial charge in [-0.1, -0.05) is 42.5 Å². The Bertz CT molecular complexity index is 1520. The van der Waals surface area contributed by atoms with E-state index in [0.29, 0.717) is 32.3 Å². The summed E-state index contributed by atoms with van der Waals surface area (Å²) in [4.78, 5) is 22.3. The predicted octanol–water partition coefficient (Wildman–Crippen LogP) is 5.52. The summed E-state index contributed by atoms with van der Waals surface area (Å²) in [6.07, 6.45) is 0. The number of carbonyl (C=O) groups excluding carboxylic acids is 1. The zero-order chi connectivity index (χ0) is 28.4. The molecule has 8 nitrogen and oxygen atoms in total. The van der Waals surface area contributed by atoms with Crippen molar-refractivity contribution in [2.45, 2.75) is 32.7 Å². The van der Waals surface area contributed by atoms with Crippen LogP contribution in [0.3, 0.4) is 0 Å². The second kappa shape index (κ2) is 11.6. The predicted molar refractivity (Wildman–Crippen MR) is 160 cm³/mol. The third-order valence-electron chi connectivity index (χ3n) is 8.26. The fourth-order valence-electron chi connectivity index (χ4n) is 5.66. The molecule has 0 radical (unpaired) electrons. The number of hydrogen-bond donors (Lipinski definition) is 1. The smallest absolute Gasteiger partial charge is 0.300 e. The standard InChI is InChI=1S/C33H38N4O4/c1-23-21-27(12-9-25(23)22-36-13-17-39-18-14-36)34-32-35-29-6-4-5-28(30(29)41-32)24-7-10-26(11-8-24)33(2,3)31(38)37-15-19-40-20-16-37/h4-12,21H,13-20,22H2,1-3H3,(H,34,35). The van der Waals surface area contributed by atoms with Gasteiger partial charge in [-0.3, -0.25) is 9.69 Å². The molecule has 1 amide bonds. The lowest BCUT2D eigenvalue weighted by molar-refractivity contribution is -0.140. The van der Waals surface area contributed by atoms with Crippen LogP contribution in [0.2, 0.25) is 0 Å². The highest BCUT2D eigenvalue weighted by molar-refractivity contribution is 5.92. The topological polar surface area (TPSA) is 80.1 Å². The molecular weight excluding hydrogens is 516 g/mol. The van der Waals surface area contributed by atoms with Crippen molar-refractivity contribution in [2.24, 2.45) is 0 Å². The maximum atomic E-state index is 13.3. The lowest BCUT2D eigenvalue weighted by atomic mass is 9.82. The average molecular weight is 555 g/mol. The molecule has 0 aliphatic carbocycles. The molecule has 214 valence electrons. The molecule has 0 spiro atoms. The summed E-state index contributed by atoms with van der Waals surface area (Å²) in [7, 11) is 0. The monoisotopic (exact) mass is 554 g/mol. The molecule has 3 aromatic carbocycles. The van der Waals surface area contributed by atoms with Crippen molar-refractivity contribution in [1.82, 2.24) is 14.8 Å². The van der Waals surface area contributed by atoms with Crippen molar-refractivity contribution in [3.8, 4) is 11.1 Å². The lowest BCUT2D eigenvalue weighted by Crippen LogP contribution is -2.48. The van der Waals surface area contributed by atoms with E-state index in [9.17, 15) is 4.79 Å². The van der Waals surface area contributed by atoms with Gasteiger partial charge in [0.1, 0.15) is 5.52 Å². The largest absolute Gasteiger partial charge is 0.423 e. The third-order valence-corrected chi connectivity index (χ3v) is 8.26. The number of aryl methyl sites for hydroxylation is 1. The molecule has 0 unspecified atom stereocenters. The number of anilines is 2. The Hall–Kier alpha value is -3.72. The van der Waals surface area contributed by atoms with Crippen LogP contribution in [0.15, 0.2) is 65.1 Å². The van der Waals surface area contributed by atoms with E-state index in [2.05, 4.69) is 47.5 Å². The van der Waals surface area contributed by atoms with Gasteiger partial charge in [0.2, 0.25) is 5.91 Å². The molecule has 2 aliphatic rings. The second-order valence-electron chi connectivity index (χ2n) is 11.4. The van der Waals surface area contributed by atoms with Crippen molar-refractivity contribution < 1.29 is 18.7 Å². The molecule has 2 fully saturated rings. The Labute approximate surface area is 241 Å². The number of rotatable bonds is 7. The molecule has 0 atom stereocenters. The molecular formula is C33H38N4O4. The minimum atomic E-state index is -0.624. The molecule has 41 heavy (non-hydrogen) atoms. The van der Waals surface area contributed by atoms with Crippen LogP contribution < -0.4 is 5.32 Å². The lowest BCUT2D eigenvalue weighted by Gasteiger charge is -2.34. The Morgan fingerprint density at radius 1 is 0.927 bits per heavy atom. The van der Waals surface area contributed by atoms with Crippen LogP contribution in [0, 0.1) is 6.92 Å². The molecule has 4 aromatic rings. The maximum absolute atomic E-state index is 13.3. The van der Waals surface area contributed by atoms with E-state index in [0.717, 1.165) is 66.3 Å². The molecule has 2 saturated heterocycles. The Morgan fingerprint density at radius 2 is 1.63 bits per heavy atom. The minimum absolute atomic E-state index is 0.131. The molecule has 8 heteroatoms. The summed E-state index contributed by atoms with van der Waals surface area (Å²) in [6, 6.07) is 21.1. The number of nitrogens with one attached hydrogen (secondary N) is 1. The fourth-order valence-corrected chi connectivity index (χ4v) is 5.66. The Morgan fingerprint density at radius 3 is 2.34 bits per heavy atom. The van der Waals surface area contributed by atoms with E-state index in [1.54, 1.807) is 0 Å². The number of carbonyl (C=O) groups is 1. The zero-order valence-corrected chi connectivity index (χ0v) is 24.1. The van der Waals surface area contributed by atoms with Crippen molar-refractivity contribution in [2.75, 3.05) is 57.9 Å². The number of hydrogen-bond acceptors (Lipinski definition) is 7. The van der Waals surface area contributed by atoms with Crippen molar-refractivity contribution >= 4 is 28.7 Å². The normalized spacial score (nSPS) is 16.7. The number of fused-ring (bicyclic) bond motifs is 1. The molecule has 0 saturated carbocycles. The number of morpholine rings is 2. The van der Waals surface area contributed by atoms with Crippen LogP contribution in [0.1, 0.15) is 30.5 Å². The van der Waals surface area contributed by atoms with Crippen molar-refractivity contribution in [3.05, 3.63) is 77.4 Å². The highest BCUT2D eigenvalue weighted by Gasteiger charge is 2.34. The molecule has 0 bridgehead atoms. The maximum Gasteiger partial charge on any atom is 0.300 e. The van der Waals surface area contributed by atoms with Gasteiger partial charge in [-0.05, 0) is 61.2 Å². The first kappa shape index (κ1) is 27.4. The van der Waals surface area contributed by atoms with E-state index in [4.69, 9.17) is 18.9 Å². The van der Waals surface area contributed by atoms with Crippen molar-refractivity contribution in [3.63, 3.8) is 0 Å². The number of para-hydroxylation sites is 1. The average Bonchev–Trinajstić information content (AvgIpc) is 3.42. The molecule has 6 rings (SSSR count). The highest BCUT2D eigenvalue weighted by atomic mass is 16.5. The third kappa shape index (κ3) is 5.86. The van der Waals surface area contributed by atoms with Gasteiger partial charge in [0, 0.05) is 44.0 Å². The minimum Gasteiger partial charge on any atom is -0.423 e. The van der Waals surface area contributed by atoms with Gasteiger partial charge < -0.3 is 24.1 Å². The van der Waals surface area contributed by atoms with Crippen LogP contribution >= 0.6 is 0 Å². The highest BCUT2D eigenvalue weighted by Crippen LogP contribution is 2.34. The summed E-state index contributed by atoms with van der Waals surface area (Å²) < 4.78 is 17.1. The molecule has 1 aromatic heterocycles. The van der Waals surface area contributed by atoms with Gasteiger partial charge in [-0.25, -0.2) is 0 Å².